The Morgan fingerprint density at radius 3 is 2.62 bits per heavy atom. The van der Waals surface area contributed by atoms with E-state index in [9.17, 15) is 0 Å². The smallest absolute Gasteiger partial charge is 0.142 e. The first-order valence-corrected chi connectivity index (χ1v) is 5.69. The molecule has 0 radical (unpaired) electrons. The first kappa shape index (κ1) is 13.6. The third-order valence-corrected chi connectivity index (χ3v) is 2.66. The molecule has 0 fully saturated rings. The predicted molar refractivity (Wildman–Crippen MR) is 68.4 cm³/mol. The van der Waals surface area contributed by atoms with Gasteiger partial charge in [-0.2, -0.15) is 0 Å². The Kier molecular flexibility index (Phi) is 5.35. The molecule has 0 aromatic heterocycles. The Morgan fingerprint density at radius 1 is 1.38 bits per heavy atom. The van der Waals surface area contributed by atoms with Crippen LogP contribution in [0.3, 0.4) is 0 Å². The van der Waals surface area contributed by atoms with Gasteiger partial charge in [0.25, 0.3) is 0 Å². The maximum atomic E-state index is 6.05. The minimum absolute atomic E-state index is 0.544. The van der Waals surface area contributed by atoms with E-state index in [0.717, 1.165) is 18.8 Å². The number of halogens is 2. The van der Waals surface area contributed by atoms with Crippen molar-refractivity contribution in [1.29, 1.82) is 0 Å². The van der Waals surface area contributed by atoms with Gasteiger partial charge in [-0.15, -0.1) is 0 Å². The molecule has 3 nitrogen and oxygen atoms in total. The highest BCUT2D eigenvalue weighted by molar-refractivity contribution is 6.35. The van der Waals surface area contributed by atoms with Gasteiger partial charge in [0.1, 0.15) is 5.75 Å². The lowest BCUT2D eigenvalue weighted by Gasteiger charge is -2.18. The number of methoxy groups -OCH3 is 1. The van der Waals surface area contributed by atoms with Crippen LogP contribution in [0.4, 0.5) is 0 Å². The molecule has 1 N–H and O–H groups in total. The maximum Gasteiger partial charge on any atom is 0.142 e. The molecule has 0 saturated carbocycles. The van der Waals surface area contributed by atoms with Gasteiger partial charge in [0.2, 0.25) is 0 Å². The average molecular weight is 263 g/mol. The predicted octanol–water partition coefficient (Wildman–Crippen LogP) is 2.61. The average Bonchev–Trinajstić information content (AvgIpc) is 2.17. The number of nitrogens with one attached hydrogen (secondary N) is 1. The fraction of sp³-hybridized carbons (Fsp3) is 0.455. The molecule has 0 heterocycles. The number of ether oxygens (including phenoxy) is 1. The monoisotopic (exact) mass is 262 g/mol. The van der Waals surface area contributed by atoms with Crippen LogP contribution in [0.25, 0.3) is 0 Å². The second-order valence-electron chi connectivity index (χ2n) is 3.61. The van der Waals surface area contributed by atoms with Crippen LogP contribution in [0.5, 0.6) is 5.75 Å². The topological polar surface area (TPSA) is 24.5 Å². The summed E-state index contributed by atoms with van der Waals surface area (Å²) in [5, 5.41) is 4.24. The molecule has 0 spiro atoms. The second kappa shape index (κ2) is 6.30. The molecule has 1 aromatic carbocycles. The molecule has 5 heteroatoms. The van der Waals surface area contributed by atoms with Gasteiger partial charge >= 0.3 is 0 Å². The quantitative estimate of drug-likeness (QED) is 0.826. The van der Waals surface area contributed by atoms with Gasteiger partial charge in [0, 0.05) is 23.8 Å². The molecule has 0 unspecified atom stereocenters. The SMILES string of the molecule is CNCN(C)Cc1cc(Cl)cc(Cl)c1OC. The van der Waals surface area contributed by atoms with E-state index in [-0.39, 0.29) is 0 Å². The van der Waals surface area contributed by atoms with Crippen molar-refractivity contribution in [3.8, 4) is 5.75 Å². The minimum atomic E-state index is 0.544. The lowest BCUT2D eigenvalue weighted by Crippen LogP contribution is -2.28. The number of hydrogen-bond donors (Lipinski definition) is 1. The summed E-state index contributed by atoms with van der Waals surface area (Å²) in [7, 11) is 5.51. The number of rotatable bonds is 5. The van der Waals surface area contributed by atoms with Crippen LogP contribution in [0.1, 0.15) is 5.56 Å². The summed E-state index contributed by atoms with van der Waals surface area (Å²) < 4.78 is 5.27. The Morgan fingerprint density at radius 2 is 2.06 bits per heavy atom. The molecule has 90 valence electrons. The minimum Gasteiger partial charge on any atom is -0.495 e. The van der Waals surface area contributed by atoms with E-state index in [1.165, 1.54) is 0 Å². The van der Waals surface area contributed by atoms with Gasteiger partial charge in [-0.05, 0) is 26.2 Å². The highest BCUT2D eigenvalue weighted by Gasteiger charge is 2.11. The molecule has 0 amide bonds. The first-order valence-electron chi connectivity index (χ1n) is 4.93. The summed E-state index contributed by atoms with van der Waals surface area (Å²) in [5.74, 6) is 0.689. The third-order valence-electron chi connectivity index (χ3n) is 2.16. The zero-order valence-electron chi connectivity index (χ0n) is 9.68. The summed E-state index contributed by atoms with van der Waals surface area (Å²) in [6, 6.07) is 3.56. The third kappa shape index (κ3) is 3.52. The van der Waals surface area contributed by atoms with Gasteiger partial charge in [-0.25, -0.2) is 0 Å². The first-order chi connectivity index (χ1) is 7.58. The Bertz CT molecular complexity index is 358. The van der Waals surface area contributed by atoms with Crippen molar-refractivity contribution in [3.63, 3.8) is 0 Å². The van der Waals surface area contributed by atoms with Crippen molar-refractivity contribution < 1.29 is 4.74 Å². The molecule has 0 aliphatic heterocycles. The zero-order chi connectivity index (χ0) is 12.1. The lowest BCUT2D eigenvalue weighted by atomic mass is 10.2. The van der Waals surface area contributed by atoms with Gasteiger partial charge in [0.05, 0.1) is 12.1 Å². The van der Waals surface area contributed by atoms with E-state index < -0.39 is 0 Å². The van der Waals surface area contributed by atoms with E-state index in [1.807, 2.05) is 20.2 Å². The summed E-state index contributed by atoms with van der Waals surface area (Å²) >= 11 is 12.0. The van der Waals surface area contributed by atoms with Crippen LogP contribution in [0, 0.1) is 0 Å². The van der Waals surface area contributed by atoms with Crippen molar-refractivity contribution in [2.75, 3.05) is 27.9 Å². The van der Waals surface area contributed by atoms with Crippen molar-refractivity contribution >= 4 is 23.2 Å². The molecule has 1 aromatic rings. The fourth-order valence-electron chi connectivity index (χ4n) is 1.58. The summed E-state index contributed by atoms with van der Waals surface area (Å²) in [4.78, 5) is 2.10. The standard InChI is InChI=1S/C11H16Cl2N2O/c1-14-7-15(2)6-8-4-9(12)5-10(13)11(8)16-3/h4-5,14H,6-7H2,1-3H3. The summed E-state index contributed by atoms with van der Waals surface area (Å²) in [6.45, 7) is 1.51. The Hall–Kier alpha value is -0.480. The van der Waals surface area contributed by atoms with Crippen molar-refractivity contribution in [2.24, 2.45) is 0 Å². The van der Waals surface area contributed by atoms with Crippen LogP contribution in [-0.2, 0) is 6.54 Å². The Balaban J connectivity index is 2.93. The van der Waals surface area contributed by atoms with E-state index in [1.54, 1.807) is 13.2 Å². The van der Waals surface area contributed by atoms with Crippen LogP contribution in [0.15, 0.2) is 12.1 Å². The molecule has 0 bridgehead atoms. The molecular formula is C11H16Cl2N2O. The van der Waals surface area contributed by atoms with Crippen LogP contribution >= 0.6 is 23.2 Å². The van der Waals surface area contributed by atoms with Gasteiger partial charge < -0.3 is 10.1 Å². The molecule has 0 aliphatic carbocycles. The molecule has 0 aliphatic rings. The number of benzene rings is 1. The highest BCUT2D eigenvalue weighted by atomic mass is 35.5. The van der Waals surface area contributed by atoms with Gasteiger partial charge in [-0.3, -0.25) is 4.90 Å². The fourth-order valence-corrected chi connectivity index (χ4v) is 2.19. The zero-order valence-corrected chi connectivity index (χ0v) is 11.2. The van der Waals surface area contributed by atoms with Crippen LogP contribution in [0.2, 0.25) is 10.0 Å². The van der Waals surface area contributed by atoms with Gasteiger partial charge in [0.15, 0.2) is 0 Å². The molecule has 16 heavy (non-hydrogen) atoms. The van der Waals surface area contributed by atoms with E-state index >= 15 is 0 Å². The number of nitrogens with zero attached hydrogens (tertiary/aromatic N) is 1. The van der Waals surface area contributed by atoms with Gasteiger partial charge in [-0.1, -0.05) is 23.2 Å². The van der Waals surface area contributed by atoms with Crippen molar-refractivity contribution in [3.05, 3.63) is 27.7 Å². The summed E-state index contributed by atoms with van der Waals surface area (Å²) in [5.41, 5.74) is 0.984. The number of hydrogen-bond acceptors (Lipinski definition) is 3. The second-order valence-corrected chi connectivity index (χ2v) is 4.45. The van der Waals surface area contributed by atoms with E-state index in [2.05, 4.69) is 10.2 Å². The Labute approximate surface area is 106 Å². The van der Waals surface area contributed by atoms with Crippen molar-refractivity contribution in [1.82, 2.24) is 10.2 Å². The molecular weight excluding hydrogens is 247 g/mol. The summed E-state index contributed by atoms with van der Waals surface area (Å²) in [6.07, 6.45) is 0. The van der Waals surface area contributed by atoms with E-state index in [0.29, 0.717) is 15.8 Å². The van der Waals surface area contributed by atoms with Crippen LogP contribution in [-0.4, -0.2) is 32.8 Å². The van der Waals surface area contributed by atoms with E-state index in [4.69, 9.17) is 27.9 Å². The van der Waals surface area contributed by atoms with Crippen molar-refractivity contribution in [2.45, 2.75) is 6.54 Å². The van der Waals surface area contributed by atoms with Crippen LogP contribution < -0.4 is 10.1 Å². The normalized spacial score (nSPS) is 10.9. The largest absolute Gasteiger partial charge is 0.495 e. The highest BCUT2D eigenvalue weighted by Crippen LogP contribution is 2.32. The molecule has 0 saturated heterocycles. The maximum absolute atomic E-state index is 6.05. The molecule has 1 rings (SSSR count). The lowest BCUT2D eigenvalue weighted by molar-refractivity contribution is 0.302. The molecule has 0 atom stereocenters.